The third kappa shape index (κ3) is 8.58. The summed E-state index contributed by atoms with van der Waals surface area (Å²) in [4.78, 5) is 0. The first kappa shape index (κ1) is 14.9. The summed E-state index contributed by atoms with van der Waals surface area (Å²) in [5.41, 5.74) is 0. The average Bonchev–Trinajstić information content (AvgIpc) is 2.85. The molecule has 1 rings (SSSR count). The monoisotopic (exact) mass is 243 g/mol. The van der Waals surface area contributed by atoms with Gasteiger partial charge in [0.1, 0.15) is 0 Å². The topological polar surface area (TPSA) is 30.5 Å². The number of rotatable bonds is 11. The van der Waals surface area contributed by atoms with Gasteiger partial charge >= 0.3 is 0 Å². The first-order chi connectivity index (χ1) is 8.43. The Labute approximate surface area is 106 Å². The number of unbranched alkanes of at least 4 members (excludes halogenated alkanes) is 4. The molecule has 1 unspecified atom stereocenters. The Morgan fingerprint density at radius 1 is 1.18 bits per heavy atom. The molecule has 0 bridgehead atoms. The summed E-state index contributed by atoms with van der Waals surface area (Å²) in [5.74, 6) is 0.726. The van der Waals surface area contributed by atoms with Crippen LogP contribution in [0.25, 0.3) is 0 Å². The van der Waals surface area contributed by atoms with Crippen molar-refractivity contribution in [2.24, 2.45) is 5.92 Å². The van der Waals surface area contributed by atoms with Crippen LogP contribution in [0, 0.1) is 5.92 Å². The molecule has 1 fully saturated rings. The number of nitrogens with one attached hydrogen (secondary N) is 1. The van der Waals surface area contributed by atoms with E-state index in [1.54, 1.807) is 0 Å². The van der Waals surface area contributed by atoms with Crippen molar-refractivity contribution in [3.05, 3.63) is 0 Å². The molecule has 1 atom stereocenters. The van der Waals surface area contributed by atoms with Crippen molar-refractivity contribution >= 4 is 0 Å². The number of hydrogen-bond acceptors (Lipinski definition) is 3. The zero-order valence-electron chi connectivity index (χ0n) is 11.4. The highest BCUT2D eigenvalue weighted by molar-refractivity contribution is 4.66. The molecule has 1 aliphatic rings. The van der Waals surface area contributed by atoms with Gasteiger partial charge in [-0.25, -0.2) is 0 Å². The third-order valence-corrected chi connectivity index (χ3v) is 3.27. The molecule has 3 nitrogen and oxygen atoms in total. The van der Waals surface area contributed by atoms with Gasteiger partial charge in [-0.3, -0.25) is 0 Å². The zero-order chi connectivity index (χ0) is 12.2. The molecular formula is C14H29NO2. The van der Waals surface area contributed by atoms with Crippen molar-refractivity contribution in [1.82, 2.24) is 5.32 Å². The van der Waals surface area contributed by atoms with Crippen LogP contribution in [0.1, 0.15) is 45.4 Å². The number of hydrogen-bond donors (Lipinski definition) is 1. The van der Waals surface area contributed by atoms with Crippen LogP contribution in [-0.4, -0.2) is 39.5 Å². The lowest BCUT2D eigenvalue weighted by Gasteiger charge is -2.09. The number of ether oxygens (including phenoxy) is 2. The van der Waals surface area contributed by atoms with Crippen LogP contribution in [0.15, 0.2) is 0 Å². The van der Waals surface area contributed by atoms with E-state index in [9.17, 15) is 0 Å². The van der Waals surface area contributed by atoms with Crippen molar-refractivity contribution < 1.29 is 9.47 Å². The Morgan fingerprint density at radius 3 is 2.82 bits per heavy atom. The van der Waals surface area contributed by atoms with Gasteiger partial charge in [-0.1, -0.05) is 32.6 Å². The van der Waals surface area contributed by atoms with Gasteiger partial charge in [-0.15, -0.1) is 0 Å². The molecule has 1 saturated heterocycles. The van der Waals surface area contributed by atoms with Crippen molar-refractivity contribution in [2.45, 2.75) is 45.4 Å². The minimum atomic E-state index is 0.726. The van der Waals surface area contributed by atoms with Gasteiger partial charge in [0, 0.05) is 26.3 Å². The first-order valence-corrected chi connectivity index (χ1v) is 7.29. The summed E-state index contributed by atoms with van der Waals surface area (Å²) in [6, 6.07) is 0. The molecule has 0 aromatic carbocycles. The molecule has 1 aliphatic heterocycles. The molecule has 1 N–H and O–H groups in total. The van der Waals surface area contributed by atoms with Gasteiger partial charge < -0.3 is 14.8 Å². The van der Waals surface area contributed by atoms with Crippen LogP contribution in [-0.2, 0) is 9.47 Å². The van der Waals surface area contributed by atoms with E-state index < -0.39 is 0 Å². The molecule has 3 heteroatoms. The molecule has 0 aromatic rings. The lowest BCUT2D eigenvalue weighted by Crippen LogP contribution is -2.26. The second-order valence-electron chi connectivity index (χ2n) is 4.96. The van der Waals surface area contributed by atoms with Gasteiger partial charge in [0.05, 0.1) is 13.2 Å². The minimum Gasteiger partial charge on any atom is -0.381 e. The highest BCUT2D eigenvalue weighted by Crippen LogP contribution is 2.10. The van der Waals surface area contributed by atoms with Gasteiger partial charge in [0.25, 0.3) is 0 Å². The predicted octanol–water partition coefficient (Wildman–Crippen LogP) is 2.60. The quantitative estimate of drug-likeness (QED) is 0.566. The summed E-state index contributed by atoms with van der Waals surface area (Å²) >= 11 is 0. The Morgan fingerprint density at radius 2 is 2.06 bits per heavy atom. The van der Waals surface area contributed by atoms with Crippen LogP contribution in [0.5, 0.6) is 0 Å². The van der Waals surface area contributed by atoms with E-state index in [2.05, 4.69) is 12.2 Å². The van der Waals surface area contributed by atoms with Gasteiger partial charge in [-0.2, -0.15) is 0 Å². The molecule has 17 heavy (non-hydrogen) atoms. The second kappa shape index (κ2) is 11.0. The van der Waals surface area contributed by atoms with E-state index in [0.717, 1.165) is 45.4 Å². The molecule has 0 spiro atoms. The summed E-state index contributed by atoms with van der Waals surface area (Å²) < 4.78 is 10.9. The first-order valence-electron chi connectivity index (χ1n) is 7.29. The zero-order valence-corrected chi connectivity index (χ0v) is 11.4. The lowest BCUT2D eigenvalue weighted by atomic mass is 10.1. The van der Waals surface area contributed by atoms with Gasteiger partial charge in [0.2, 0.25) is 0 Å². The maximum absolute atomic E-state index is 5.58. The fraction of sp³-hybridized carbons (Fsp3) is 1.00. The van der Waals surface area contributed by atoms with Crippen molar-refractivity contribution in [3.63, 3.8) is 0 Å². The highest BCUT2D eigenvalue weighted by atomic mass is 16.5. The van der Waals surface area contributed by atoms with Crippen molar-refractivity contribution in [1.29, 1.82) is 0 Å². The van der Waals surface area contributed by atoms with E-state index in [1.165, 1.54) is 38.5 Å². The highest BCUT2D eigenvalue weighted by Gasteiger charge is 2.14. The van der Waals surface area contributed by atoms with Crippen LogP contribution in [0.4, 0.5) is 0 Å². The molecule has 0 radical (unpaired) electrons. The smallest absolute Gasteiger partial charge is 0.0590 e. The average molecular weight is 243 g/mol. The molecule has 1 heterocycles. The standard InChI is InChI=1S/C14H29NO2/c1-2-3-4-5-6-9-16-11-8-15-12-14-7-10-17-13-14/h14-15H,2-13H2,1H3. The normalized spacial score (nSPS) is 19.9. The summed E-state index contributed by atoms with van der Waals surface area (Å²) in [5, 5.41) is 3.43. The van der Waals surface area contributed by atoms with E-state index >= 15 is 0 Å². The maximum atomic E-state index is 5.58. The molecule has 0 aliphatic carbocycles. The summed E-state index contributed by atoms with van der Waals surface area (Å²) in [6.07, 6.45) is 7.79. The summed E-state index contributed by atoms with van der Waals surface area (Å²) in [7, 11) is 0. The Hall–Kier alpha value is -0.120. The third-order valence-electron chi connectivity index (χ3n) is 3.27. The van der Waals surface area contributed by atoms with E-state index in [1.807, 2.05) is 0 Å². The van der Waals surface area contributed by atoms with Crippen LogP contribution in [0.2, 0.25) is 0 Å². The van der Waals surface area contributed by atoms with Crippen LogP contribution < -0.4 is 5.32 Å². The summed E-state index contributed by atoms with van der Waals surface area (Å²) in [6.45, 7) is 7.97. The largest absolute Gasteiger partial charge is 0.381 e. The van der Waals surface area contributed by atoms with Crippen LogP contribution >= 0.6 is 0 Å². The van der Waals surface area contributed by atoms with E-state index in [4.69, 9.17) is 9.47 Å². The van der Waals surface area contributed by atoms with E-state index in [0.29, 0.717) is 0 Å². The molecule has 0 amide bonds. The Kier molecular flexibility index (Phi) is 9.66. The van der Waals surface area contributed by atoms with Gasteiger partial charge in [0.15, 0.2) is 0 Å². The second-order valence-corrected chi connectivity index (χ2v) is 4.96. The lowest BCUT2D eigenvalue weighted by molar-refractivity contribution is 0.130. The molecule has 102 valence electrons. The van der Waals surface area contributed by atoms with Crippen molar-refractivity contribution in [3.8, 4) is 0 Å². The molecular weight excluding hydrogens is 214 g/mol. The fourth-order valence-electron chi connectivity index (χ4n) is 2.10. The fourth-order valence-corrected chi connectivity index (χ4v) is 2.10. The van der Waals surface area contributed by atoms with Crippen LogP contribution in [0.3, 0.4) is 0 Å². The minimum absolute atomic E-state index is 0.726. The van der Waals surface area contributed by atoms with E-state index in [-0.39, 0.29) is 0 Å². The Bertz CT molecular complexity index is 158. The van der Waals surface area contributed by atoms with Gasteiger partial charge in [-0.05, 0) is 18.8 Å². The molecule has 0 saturated carbocycles. The Balaban J connectivity index is 1.69. The SMILES string of the molecule is CCCCCCCOCCNCC1CCOC1. The van der Waals surface area contributed by atoms with Crippen molar-refractivity contribution in [2.75, 3.05) is 39.5 Å². The molecule has 0 aromatic heterocycles. The maximum Gasteiger partial charge on any atom is 0.0590 e. The predicted molar refractivity (Wildman–Crippen MR) is 71.4 cm³/mol.